The Morgan fingerprint density at radius 2 is 1.10 bits per heavy atom. The van der Waals surface area contributed by atoms with Gasteiger partial charge in [0.15, 0.2) is 0 Å². The monoisotopic (exact) mass is 904 g/mol. The molecule has 2 fully saturated rings. The Balaban J connectivity index is 1.17. The lowest BCUT2D eigenvalue weighted by molar-refractivity contribution is 0.193. The molecule has 4 heterocycles. The minimum atomic E-state index is -1.75. The third-order valence-electron chi connectivity index (χ3n) is 19.0. The maximum atomic E-state index is 2.96. The molecule has 0 radical (unpaired) electrons. The second kappa shape index (κ2) is 14.4. The highest BCUT2D eigenvalue weighted by molar-refractivity contribution is 7.01. The van der Waals surface area contributed by atoms with Gasteiger partial charge in [-0.2, -0.15) is 0 Å². The summed E-state index contributed by atoms with van der Waals surface area (Å²) in [6, 6.07) is 54.7. The number of hydrogen-bond donors (Lipinski definition) is 0. The standard InChI is InChI=1S/C63H66BN3Si/c1-41-33-42(2)57-54(34-41)66(63(6)32-19-17-30-61(57,63)4)48-37-55-58-56(38-48)67-59-50(60(3)29-16-18-31-62(60,67)5)39-49(68(7,8)9)40-52(59)64(58)51-28-27-46(44-23-14-11-15-24-44)36-53(51)65(55)47-26-20-25-45(35-47)43-21-12-10-13-22-43/h10-15,20-28,33-40H,16-19,29-32H2,1-9H3. The molecule has 0 aromatic heterocycles. The fourth-order valence-corrected chi connectivity index (χ4v) is 16.4. The average molecular weight is 904 g/mol. The van der Waals surface area contributed by atoms with Gasteiger partial charge in [0.1, 0.15) is 0 Å². The van der Waals surface area contributed by atoms with E-state index >= 15 is 0 Å². The van der Waals surface area contributed by atoms with Crippen molar-refractivity contribution in [2.24, 2.45) is 0 Å². The molecule has 340 valence electrons. The molecule has 3 nitrogen and oxygen atoms in total. The van der Waals surface area contributed by atoms with Crippen LogP contribution in [0.3, 0.4) is 0 Å². The molecule has 68 heavy (non-hydrogen) atoms. The SMILES string of the molecule is Cc1cc(C)c2c(c1)N(c1cc3c4c(c1)N1c5c(cc([Si](C)(C)C)cc5C5(C)CCCCC15C)B4c1ccc(-c4ccccc4)cc1N3c1cccc(-c3ccccc3)c1)C1(C)CCCCC21C. The first-order valence-corrected chi connectivity index (χ1v) is 29.4. The minimum absolute atomic E-state index is 0.0213. The van der Waals surface area contributed by atoms with Gasteiger partial charge in [-0.15, -0.1) is 0 Å². The maximum Gasteiger partial charge on any atom is 0.252 e. The van der Waals surface area contributed by atoms with Crippen molar-refractivity contribution in [1.29, 1.82) is 0 Å². The molecule has 2 aliphatic carbocycles. The summed E-state index contributed by atoms with van der Waals surface area (Å²) in [5.41, 5.74) is 24.7. The van der Waals surface area contributed by atoms with Crippen LogP contribution in [0.2, 0.25) is 19.6 Å². The highest BCUT2D eigenvalue weighted by Crippen LogP contribution is 2.65. The van der Waals surface area contributed by atoms with Gasteiger partial charge in [0.25, 0.3) is 6.71 Å². The van der Waals surface area contributed by atoms with E-state index in [-0.39, 0.29) is 28.6 Å². The Labute approximate surface area is 407 Å². The molecule has 7 aromatic rings. The van der Waals surface area contributed by atoms with Crippen LogP contribution in [0.15, 0.2) is 140 Å². The fourth-order valence-electron chi connectivity index (χ4n) is 15.2. The van der Waals surface area contributed by atoms with Crippen LogP contribution in [-0.2, 0) is 10.8 Å². The maximum absolute atomic E-state index is 2.96. The number of rotatable bonds is 5. The van der Waals surface area contributed by atoms with Crippen molar-refractivity contribution in [3.8, 4) is 22.3 Å². The normalized spacial score (nSPS) is 25.1. The summed E-state index contributed by atoms with van der Waals surface area (Å²) in [4.78, 5) is 8.54. The number of fused-ring (bicyclic) bond motifs is 10. The van der Waals surface area contributed by atoms with Crippen molar-refractivity contribution in [3.05, 3.63) is 162 Å². The van der Waals surface area contributed by atoms with Crippen LogP contribution in [0.4, 0.5) is 39.8 Å². The molecular formula is C63H66BN3Si. The van der Waals surface area contributed by atoms with Crippen LogP contribution in [0.1, 0.15) is 101 Å². The van der Waals surface area contributed by atoms with Gasteiger partial charge >= 0.3 is 0 Å². The molecule has 0 saturated heterocycles. The van der Waals surface area contributed by atoms with Crippen molar-refractivity contribution in [3.63, 3.8) is 0 Å². The van der Waals surface area contributed by atoms with Crippen LogP contribution in [0, 0.1) is 13.8 Å². The molecule has 0 N–H and O–H groups in total. The second-order valence-corrected chi connectivity index (χ2v) is 28.8. The van der Waals surface area contributed by atoms with E-state index in [1.165, 1.54) is 141 Å². The number of anilines is 7. The van der Waals surface area contributed by atoms with Crippen molar-refractivity contribution < 1.29 is 0 Å². The zero-order chi connectivity index (χ0) is 46.7. The quantitative estimate of drug-likeness (QED) is 0.159. The molecule has 7 aromatic carbocycles. The van der Waals surface area contributed by atoms with Crippen LogP contribution in [-0.4, -0.2) is 25.9 Å². The van der Waals surface area contributed by atoms with Gasteiger partial charge in [0.2, 0.25) is 0 Å². The van der Waals surface area contributed by atoms with Crippen LogP contribution >= 0.6 is 0 Å². The van der Waals surface area contributed by atoms with Crippen LogP contribution in [0.5, 0.6) is 0 Å². The second-order valence-electron chi connectivity index (χ2n) is 23.7. The lowest BCUT2D eigenvalue weighted by Crippen LogP contribution is -2.65. The number of hydrogen-bond acceptors (Lipinski definition) is 3. The van der Waals surface area contributed by atoms with Crippen LogP contribution < -0.4 is 36.3 Å². The molecule has 0 amide bonds. The highest BCUT2D eigenvalue weighted by Gasteiger charge is 2.63. The topological polar surface area (TPSA) is 9.72 Å². The fraction of sp³-hybridized carbons (Fsp3) is 0.333. The highest BCUT2D eigenvalue weighted by atomic mass is 28.3. The molecule has 4 atom stereocenters. The van der Waals surface area contributed by atoms with Gasteiger partial charge in [-0.3, -0.25) is 0 Å². The summed E-state index contributed by atoms with van der Waals surface area (Å²) >= 11 is 0. The Bertz CT molecular complexity index is 3250. The summed E-state index contributed by atoms with van der Waals surface area (Å²) < 4.78 is 0. The summed E-state index contributed by atoms with van der Waals surface area (Å²) in [7, 11) is -1.75. The summed E-state index contributed by atoms with van der Waals surface area (Å²) in [5.74, 6) is 0. The molecule has 5 heteroatoms. The zero-order valence-electron chi connectivity index (χ0n) is 41.9. The number of nitrogens with zero attached hydrogens (tertiary/aromatic N) is 3. The molecule has 0 bridgehead atoms. The number of benzene rings is 7. The van der Waals surface area contributed by atoms with Crippen molar-refractivity contribution in [2.75, 3.05) is 14.7 Å². The van der Waals surface area contributed by atoms with Crippen molar-refractivity contribution >= 4 is 76.2 Å². The summed E-state index contributed by atoms with van der Waals surface area (Å²) in [6.07, 6.45) is 9.86. The Hall–Kier alpha value is -5.78. The summed E-state index contributed by atoms with van der Waals surface area (Å²) in [5, 5.41) is 1.59. The van der Waals surface area contributed by atoms with Crippen LogP contribution in [0.25, 0.3) is 22.3 Å². The van der Waals surface area contributed by atoms with Crippen molar-refractivity contribution in [2.45, 2.75) is 134 Å². The lowest BCUT2D eigenvalue weighted by atomic mass is 9.33. The smallest absolute Gasteiger partial charge is 0.252 e. The van der Waals surface area contributed by atoms with E-state index in [0.29, 0.717) is 0 Å². The molecule has 13 rings (SSSR count). The van der Waals surface area contributed by atoms with Crippen molar-refractivity contribution in [1.82, 2.24) is 0 Å². The van der Waals surface area contributed by atoms with E-state index in [9.17, 15) is 0 Å². The predicted octanol–water partition coefficient (Wildman–Crippen LogP) is 14.3. The Morgan fingerprint density at radius 1 is 0.485 bits per heavy atom. The largest absolute Gasteiger partial charge is 0.335 e. The first-order valence-electron chi connectivity index (χ1n) is 25.9. The zero-order valence-corrected chi connectivity index (χ0v) is 42.9. The molecule has 0 spiro atoms. The van der Waals surface area contributed by atoms with E-state index in [0.717, 1.165) is 0 Å². The van der Waals surface area contributed by atoms with E-state index in [2.05, 4.69) is 215 Å². The van der Waals surface area contributed by atoms with Gasteiger partial charge in [0, 0.05) is 50.6 Å². The minimum Gasteiger partial charge on any atom is -0.335 e. The third kappa shape index (κ3) is 5.54. The Morgan fingerprint density at radius 3 is 1.79 bits per heavy atom. The van der Waals surface area contributed by atoms with Gasteiger partial charge in [-0.25, -0.2) is 0 Å². The van der Waals surface area contributed by atoms with Gasteiger partial charge in [-0.1, -0.05) is 167 Å². The van der Waals surface area contributed by atoms with Gasteiger partial charge < -0.3 is 14.7 Å². The van der Waals surface area contributed by atoms with Gasteiger partial charge in [0.05, 0.1) is 19.2 Å². The lowest BCUT2D eigenvalue weighted by Gasteiger charge is -2.54. The molecule has 2 saturated carbocycles. The predicted molar refractivity (Wildman–Crippen MR) is 295 cm³/mol. The Kier molecular flexibility index (Phi) is 8.96. The van der Waals surface area contributed by atoms with Gasteiger partial charge in [-0.05, 0) is 151 Å². The average Bonchev–Trinajstić information content (AvgIpc) is 3.68. The van der Waals surface area contributed by atoms with E-state index in [4.69, 9.17) is 0 Å². The van der Waals surface area contributed by atoms with E-state index in [1.807, 2.05) is 0 Å². The van der Waals surface area contributed by atoms with E-state index in [1.54, 1.807) is 16.3 Å². The summed E-state index contributed by atoms with van der Waals surface area (Å²) in [6.45, 7) is 23.0. The van der Waals surface area contributed by atoms with E-state index < -0.39 is 8.07 Å². The first-order chi connectivity index (χ1) is 32.6. The molecule has 4 unspecified atom stereocenters. The molecule has 4 aliphatic heterocycles. The first kappa shape index (κ1) is 42.3. The molecule has 6 aliphatic rings. The molecular weight excluding hydrogens is 838 g/mol. The third-order valence-corrected chi connectivity index (χ3v) is 21.0. The number of aryl methyl sites for hydroxylation is 2.